The smallest absolute Gasteiger partial charge is 0.335 e. The van der Waals surface area contributed by atoms with E-state index < -0.39 is 5.97 Å². The molecule has 1 aromatic carbocycles. The van der Waals surface area contributed by atoms with Gasteiger partial charge >= 0.3 is 5.97 Å². The van der Waals surface area contributed by atoms with Crippen LogP contribution < -0.4 is 10.6 Å². The molecule has 0 amide bonds. The molecule has 0 aliphatic heterocycles. The highest BCUT2D eigenvalue weighted by atomic mass is 32.1. The number of fused-ring (bicyclic) bond motifs is 1. The summed E-state index contributed by atoms with van der Waals surface area (Å²) in [6, 6.07) is 8.81. The molecule has 130 valence electrons. The van der Waals surface area contributed by atoms with Crippen LogP contribution in [0.15, 0.2) is 35.7 Å². The van der Waals surface area contributed by atoms with Crippen molar-refractivity contribution in [3.8, 4) is 0 Å². The molecule has 0 aliphatic rings. The van der Waals surface area contributed by atoms with Crippen molar-refractivity contribution >= 4 is 39.3 Å². The molecule has 0 unspecified atom stereocenters. The molecule has 0 saturated carbocycles. The van der Waals surface area contributed by atoms with Crippen molar-refractivity contribution in [2.45, 2.75) is 20.4 Å². The lowest BCUT2D eigenvalue weighted by Gasteiger charge is -2.11. The number of benzene rings is 1. The monoisotopic (exact) mass is 356 g/mol. The third-order valence-corrected chi connectivity index (χ3v) is 4.54. The number of thiophene rings is 1. The molecular formula is C18H20N4O2S. The summed E-state index contributed by atoms with van der Waals surface area (Å²) in [5.41, 5.74) is 2.19. The van der Waals surface area contributed by atoms with E-state index in [1.54, 1.807) is 35.6 Å². The number of aromatic nitrogens is 2. The molecule has 25 heavy (non-hydrogen) atoms. The normalized spacial score (nSPS) is 11.0. The second-order valence-corrected chi connectivity index (χ2v) is 7.08. The molecule has 0 radical (unpaired) electrons. The average molecular weight is 356 g/mol. The molecule has 2 aromatic heterocycles. The molecule has 3 N–H and O–H groups in total. The van der Waals surface area contributed by atoms with Crippen LogP contribution in [0.3, 0.4) is 0 Å². The van der Waals surface area contributed by atoms with Crippen LogP contribution in [0.2, 0.25) is 0 Å². The van der Waals surface area contributed by atoms with Crippen molar-refractivity contribution in [2.75, 3.05) is 17.2 Å². The lowest BCUT2D eigenvalue weighted by atomic mass is 10.1. The number of carbonyl (C=O) groups is 1. The summed E-state index contributed by atoms with van der Waals surface area (Å²) in [7, 11) is 0. The average Bonchev–Trinajstić information content (AvgIpc) is 3.06. The van der Waals surface area contributed by atoms with Crippen molar-refractivity contribution in [3.63, 3.8) is 0 Å². The lowest BCUT2D eigenvalue weighted by molar-refractivity contribution is 0.0697. The van der Waals surface area contributed by atoms with Gasteiger partial charge in [0, 0.05) is 13.1 Å². The predicted octanol–water partition coefficient (Wildman–Crippen LogP) is 4.07. The first-order valence-corrected chi connectivity index (χ1v) is 8.96. The molecule has 2 heterocycles. The molecule has 3 rings (SSSR count). The van der Waals surface area contributed by atoms with Gasteiger partial charge in [-0.3, -0.25) is 0 Å². The number of carboxylic acids is 1. The van der Waals surface area contributed by atoms with Crippen molar-refractivity contribution in [1.82, 2.24) is 9.97 Å². The summed E-state index contributed by atoms with van der Waals surface area (Å²) in [4.78, 5) is 20.0. The van der Waals surface area contributed by atoms with Gasteiger partial charge in [0.1, 0.15) is 5.82 Å². The fraction of sp³-hybridized carbons (Fsp3) is 0.278. The van der Waals surface area contributed by atoms with Crippen molar-refractivity contribution in [2.24, 2.45) is 5.92 Å². The number of aromatic carboxylic acids is 1. The third kappa shape index (κ3) is 4.24. The van der Waals surface area contributed by atoms with Gasteiger partial charge in [-0.1, -0.05) is 26.0 Å². The van der Waals surface area contributed by atoms with Crippen LogP contribution >= 0.6 is 11.3 Å². The van der Waals surface area contributed by atoms with Crippen LogP contribution in [0.1, 0.15) is 29.8 Å². The van der Waals surface area contributed by atoms with E-state index >= 15 is 0 Å². The largest absolute Gasteiger partial charge is 0.478 e. The van der Waals surface area contributed by atoms with Gasteiger partial charge in [0.15, 0.2) is 0 Å². The molecule has 0 saturated heterocycles. The Morgan fingerprint density at radius 2 is 1.92 bits per heavy atom. The van der Waals surface area contributed by atoms with Gasteiger partial charge in [-0.2, -0.15) is 4.98 Å². The first-order chi connectivity index (χ1) is 12.0. The Kier molecular flexibility index (Phi) is 5.14. The van der Waals surface area contributed by atoms with Crippen LogP contribution in [0.25, 0.3) is 10.2 Å². The zero-order chi connectivity index (χ0) is 17.8. The number of nitrogens with one attached hydrogen (secondary N) is 2. The predicted molar refractivity (Wildman–Crippen MR) is 101 cm³/mol. The van der Waals surface area contributed by atoms with Gasteiger partial charge in [0.05, 0.1) is 15.8 Å². The van der Waals surface area contributed by atoms with E-state index in [0.29, 0.717) is 18.4 Å². The topological polar surface area (TPSA) is 87.1 Å². The van der Waals surface area contributed by atoms with Crippen LogP contribution in [-0.2, 0) is 6.54 Å². The van der Waals surface area contributed by atoms with E-state index in [2.05, 4.69) is 34.4 Å². The van der Waals surface area contributed by atoms with Gasteiger partial charge in [-0.25, -0.2) is 9.78 Å². The first kappa shape index (κ1) is 17.2. The highest BCUT2D eigenvalue weighted by Gasteiger charge is 2.10. The molecule has 0 fully saturated rings. The molecule has 0 atom stereocenters. The standard InChI is InChI=1S/C18H20N4O2S/c1-11(2)9-20-18-21-14-7-8-25-15(14)16(22-18)19-10-12-3-5-13(6-4-12)17(23)24/h3-8,11H,9-10H2,1-2H3,(H,23,24)(H2,19,20,21,22). The van der Waals surface area contributed by atoms with Gasteiger partial charge in [-0.05, 0) is 35.1 Å². The quantitative estimate of drug-likeness (QED) is 0.591. The number of nitrogens with zero attached hydrogens (tertiary/aromatic N) is 2. The molecule has 7 heteroatoms. The van der Waals surface area contributed by atoms with E-state index in [1.807, 2.05) is 11.4 Å². The molecule has 0 bridgehead atoms. The molecule has 3 aromatic rings. The first-order valence-electron chi connectivity index (χ1n) is 8.08. The van der Waals surface area contributed by atoms with Crippen molar-refractivity contribution in [1.29, 1.82) is 0 Å². The Hall–Kier alpha value is -2.67. The Labute approximate surface area is 149 Å². The van der Waals surface area contributed by atoms with Gasteiger partial charge in [0.2, 0.25) is 5.95 Å². The van der Waals surface area contributed by atoms with Crippen molar-refractivity contribution in [3.05, 3.63) is 46.8 Å². The van der Waals surface area contributed by atoms with Crippen LogP contribution in [0, 0.1) is 5.92 Å². The van der Waals surface area contributed by atoms with E-state index in [9.17, 15) is 4.79 Å². The number of anilines is 2. The van der Waals surface area contributed by atoms with Crippen LogP contribution in [0.4, 0.5) is 11.8 Å². The van der Waals surface area contributed by atoms with Gasteiger partial charge in [-0.15, -0.1) is 11.3 Å². The number of carboxylic acid groups (broad SMARTS) is 1. The molecular weight excluding hydrogens is 336 g/mol. The molecule has 0 aliphatic carbocycles. The maximum atomic E-state index is 10.9. The minimum atomic E-state index is -0.920. The maximum Gasteiger partial charge on any atom is 0.335 e. The number of hydrogen-bond donors (Lipinski definition) is 3. The number of rotatable bonds is 7. The second-order valence-electron chi connectivity index (χ2n) is 6.16. The number of hydrogen-bond acceptors (Lipinski definition) is 6. The van der Waals surface area contributed by atoms with E-state index in [-0.39, 0.29) is 5.56 Å². The Morgan fingerprint density at radius 1 is 1.16 bits per heavy atom. The summed E-state index contributed by atoms with van der Waals surface area (Å²) in [5, 5.41) is 17.6. The molecule has 0 spiro atoms. The zero-order valence-corrected chi connectivity index (χ0v) is 14.9. The summed E-state index contributed by atoms with van der Waals surface area (Å²) in [6.45, 7) is 5.64. The summed E-state index contributed by atoms with van der Waals surface area (Å²) in [5.74, 6) is 0.985. The second kappa shape index (κ2) is 7.48. The summed E-state index contributed by atoms with van der Waals surface area (Å²) in [6.07, 6.45) is 0. The highest BCUT2D eigenvalue weighted by Crippen LogP contribution is 2.27. The van der Waals surface area contributed by atoms with Gasteiger partial charge in [0.25, 0.3) is 0 Å². The summed E-state index contributed by atoms with van der Waals surface area (Å²) < 4.78 is 1.01. The van der Waals surface area contributed by atoms with Crippen LogP contribution in [-0.4, -0.2) is 27.6 Å². The molecule has 6 nitrogen and oxygen atoms in total. The SMILES string of the molecule is CC(C)CNc1nc(NCc2ccc(C(=O)O)cc2)c2sccc2n1. The van der Waals surface area contributed by atoms with Crippen LogP contribution in [0.5, 0.6) is 0 Å². The van der Waals surface area contributed by atoms with E-state index in [4.69, 9.17) is 5.11 Å². The zero-order valence-electron chi connectivity index (χ0n) is 14.1. The highest BCUT2D eigenvalue weighted by molar-refractivity contribution is 7.17. The third-order valence-electron chi connectivity index (χ3n) is 3.63. The summed E-state index contributed by atoms with van der Waals surface area (Å²) >= 11 is 1.60. The minimum Gasteiger partial charge on any atom is -0.478 e. The van der Waals surface area contributed by atoms with E-state index in [1.165, 1.54) is 0 Å². The fourth-order valence-corrected chi connectivity index (χ4v) is 3.11. The van der Waals surface area contributed by atoms with Crippen molar-refractivity contribution < 1.29 is 9.90 Å². The minimum absolute atomic E-state index is 0.284. The lowest BCUT2D eigenvalue weighted by Crippen LogP contribution is -2.12. The Bertz CT molecular complexity index is 874. The van der Waals surface area contributed by atoms with Gasteiger partial charge < -0.3 is 15.7 Å². The Balaban J connectivity index is 1.77. The Morgan fingerprint density at radius 3 is 2.60 bits per heavy atom. The van der Waals surface area contributed by atoms with E-state index in [0.717, 1.165) is 28.1 Å². The maximum absolute atomic E-state index is 10.9. The fourth-order valence-electron chi connectivity index (χ4n) is 2.31.